The fourth-order valence-corrected chi connectivity index (χ4v) is 3.05. The van der Waals surface area contributed by atoms with Crippen LogP contribution in [-0.2, 0) is 9.53 Å². The molecule has 108 valence electrons. The topological polar surface area (TPSA) is 45.7 Å². The lowest BCUT2D eigenvalue weighted by Crippen LogP contribution is -2.44. The zero-order valence-electron chi connectivity index (χ0n) is 11.3. The van der Waals surface area contributed by atoms with Gasteiger partial charge in [-0.2, -0.15) is 0 Å². The van der Waals surface area contributed by atoms with Crippen molar-refractivity contribution in [1.29, 1.82) is 0 Å². The van der Waals surface area contributed by atoms with Gasteiger partial charge in [0.15, 0.2) is 0 Å². The Hall–Kier alpha value is -1.33. The first kappa shape index (κ1) is 13.6. The van der Waals surface area contributed by atoms with Gasteiger partial charge in [0.25, 0.3) is 0 Å². The van der Waals surface area contributed by atoms with Crippen molar-refractivity contribution in [3.8, 4) is 0 Å². The molecule has 1 unspecified atom stereocenters. The lowest BCUT2D eigenvalue weighted by Gasteiger charge is -2.29. The molecule has 0 saturated carbocycles. The normalized spacial score (nSPS) is 23.1. The van der Waals surface area contributed by atoms with Crippen molar-refractivity contribution < 1.29 is 9.53 Å². The largest absolute Gasteiger partial charge is 0.378 e. The highest BCUT2D eigenvalue weighted by Gasteiger charge is 2.33. The first-order chi connectivity index (χ1) is 9.75. The van der Waals surface area contributed by atoms with E-state index in [0.29, 0.717) is 37.9 Å². The molecule has 5 nitrogen and oxygen atoms in total. The number of nitrogens with zero attached hydrogens (tertiary/aromatic N) is 3. The van der Waals surface area contributed by atoms with Gasteiger partial charge in [0.05, 0.1) is 24.2 Å². The summed E-state index contributed by atoms with van der Waals surface area (Å²) < 4.78 is 5.29. The SMILES string of the molecule is O=C(C1CCN(c2ncccc2Cl)C1)N1CCOCC1. The molecule has 0 aliphatic carbocycles. The summed E-state index contributed by atoms with van der Waals surface area (Å²) in [6, 6.07) is 3.65. The molecule has 0 radical (unpaired) electrons. The maximum Gasteiger partial charge on any atom is 0.227 e. The maximum atomic E-state index is 12.5. The molecular formula is C14H18ClN3O2. The summed E-state index contributed by atoms with van der Waals surface area (Å²) in [5.41, 5.74) is 0. The highest BCUT2D eigenvalue weighted by molar-refractivity contribution is 6.32. The number of hydrogen-bond acceptors (Lipinski definition) is 4. The van der Waals surface area contributed by atoms with Crippen LogP contribution in [0.5, 0.6) is 0 Å². The molecular weight excluding hydrogens is 278 g/mol. The van der Waals surface area contributed by atoms with Gasteiger partial charge in [-0.3, -0.25) is 4.79 Å². The van der Waals surface area contributed by atoms with Crippen molar-refractivity contribution in [2.45, 2.75) is 6.42 Å². The molecule has 1 aromatic rings. The summed E-state index contributed by atoms with van der Waals surface area (Å²) in [7, 11) is 0. The number of hydrogen-bond donors (Lipinski definition) is 0. The summed E-state index contributed by atoms with van der Waals surface area (Å²) in [5.74, 6) is 1.07. The molecule has 0 N–H and O–H groups in total. The van der Waals surface area contributed by atoms with Gasteiger partial charge >= 0.3 is 0 Å². The summed E-state index contributed by atoms with van der Waals surface area (Å²) in [6.07, 6.45) is 2.60. The van der Waals surface area contributed by atoms with Crippen molar-refractivity contribution in [3.63, 3.8) is 0 Å². The standard InChI is InChI=1S/C14H18ClN3O2/c15-12-2-1-4-16-13(12)18-5-3-11(10-18)14(19)17-6-8-20-9-7-17/h1-2,4,11H,3,5-10H2. The van der Waals surface area contributed by atoms with Crippen molar-refractivity contribution in [2.75, 3.05) is 44.3 Å². The molecule has 2 fully saturated rings. The molecule has 20 heavy (non-hydrogen) atoms. The Morgan fingerprint density at radius 2 is 2.15 bits per heavy atom. The Balaban J connectivity index is 1.64. The lowest BCUT2D eigenvalue weighted by atomic mass is 10.1. The average molecular weight is 296 g/mol. The van der Waals surface area contributed by atoms with E-state index in [1.165, 1.54) is 0 Å². The molecule has 0 aromatic carbocycles. The number of aromatic nitrogens is 1. The first-order valence-electron chi connectivity index (χ1n) is 6.97. The Morgan fingerprint density at radius 1 is 1.35 bits per heavy atom. The Labute approximate surface area is 123 Å². The van der Waals surface area contributed by atoms with E-state index in [4.69, 9.17) is 16.3 Å². The average Bonchev–Trinajstić information content (AvgIpc) is 2.97. The minimum Gasteiger partial charge on any atom is -0.378 e. The van der Waals surface area contributed by atoms with E-state index >= 15 is 0 Å². The number of amides is 1. The predicted octanol–water partition coefficient (Wildman–Crippen LogP) is 1.42. The van der Waals surface area contributed by atoms with Gasteiger partial charge in [-0.25, -0.2) is 4.98 Å². The number of halogens is 1. The Bertz CT molecular complexity index is 491. The van der Waals surface area contributed by atoms with Crippen LogP contribution in [0.3, 0.4) is 0 Å². The quantitative estimate of drug-likeness (QED) is 0.828. The van der Waals surface area contributed by atoms with E-state index in [-0.39, 0.29) is 11.8 Å². The number of morpholine rings is 1. The molecule has 2 saturated heterocycles. The summed E-state index contributed by atoms with van der Waals surface area (Å²) in [4.78, 5) is 20.8. The molecule has 2 aliphatic heterocycles. The zero-order chi connectivity index (χ0) is 13.9. The molecule has 3 heterocycles. The second-order valence-corrected chi connectivity index (χ2v) is 5.59. The smallest absolute Gasteiger partial charge is 0.227 e. The highest BCUT2D eigenvalue weighted by Crippen LogP contribution is 2.28. The minimum absolute atomic E-state index is 0.0474. The van der Waals surface area contributed by atoms with Crippen molar-refractivity contribution in [3.05, 3.63) is 23.4 Å². The molecule has 1 aromatic heterocycles. The highest BCUT2D eigenvalue weighted by atomic mass is 35.5. The fraction of sp³-hybridized carbons (Fsp3) is 0.571. The van der Waals surface area contributed by atoms with Crippen LogP contribution >= 0.6 is 11.6 Å². The zero-order valence-corrected chi connectivity index (χ0v) is 12.1. The monoisotopic (exact) mass is 295 g/mol. The van der Waals surface area contributed by atoms with Crippen LogP contribution in [0.15, 0.2) is 18.3 Å². The maximum absolute atomic E-state index is 12.5. The number of pyridine rings is 1. The first-order valence-corrected chi connectivity index (χ1v) is 7.35. The second-order valence-electron chi connectivity index (χ2n) is 5.18. The van der Waals surface area contributed by atoms with Gasteiger partial charge in [-0.1, -0.05) is 11.6 Å². The van der Waals surface area contributed by atoms with Gasteiger partial charge in [-0.05, 0) is 18.6 Å². The van der Waals surface area contributed by atoms with Crippen molar-refractivity contribution >= 4 is 23.3 Å². The van der Waals surface area contributed by atoms with Crippen LogP contribution in [0, 0.1) is 5.92 Å². The van der Waals surface area contributed by atoms with E-state index in [9.17, 15) is 4.79 Å². The third kappa shape index (κ3) is 2.74. The van der Waals surface area contributed by atoms with Crippen LogP contribution in [0.25, 0.3) is 0 Å². The summed E-state index contributed by atoms with van der Waals surface area (Å²) in [6.45, 7) is 4.24. The van der Waals surface area contributed by atoms with Gasteiger partial charge in [-0.15, -0.1) is 0 Å². The van der Waals surface area contributed by atoms with Gasteiger partial charge in [0, 0.05) is 32.4 Å². The van der Waals surface area contributed by atoms with E-state index in [2.05, 4.69) is 9.88 Å². The van der Waals surface area contributed by atoms with Crippen LogP contribution < -0.4 is 4.90 Å². The van der Waals surface area contributed by atoms with E-state index < -0.39 is 0 Å². The fourth-order valence-electron chi connectivity index (χ4n) is 2.81. The summed E-state index contributed by atoms with van der Waals surface area (Å²) >= 11 is 6.16. The molecule has 6 heteroatoms. The molecule has 0 bridgehead atoms. The van der Waals surface area contributed by atoms with E-state index in [1.54, 1.807) is 6.20 Å². The van der Waals surface area contributed by atoms with Gasteiger partial charge in [0.2, 0.25) is 5.91 Å². The second kappa shape index (κ2) is 5.97. The van der Waals surface area contributed by atoms with E-state index in [1.807, 2.05) is 17.0 Å². The molecule has 1 amide bonds. The lowest BCUT2D eigenvalue weighted by molar-refractivity contribution is -0.138. The third-order valence-corrected chi connectivity index (χ3v) is 4.19. The Kier molecular flexibility index (Phi) is 4.08. The Morgan fingerprint density at radius 3 is 2.90 bits per heavy atom. The van der Waals surface area contributed by atoms with Crippen molar-refractivity contribution in [2.24, 2.45) is 5.92 Å². The van der Waals surface area contributed by atoms with Gasteiger partial charge in [0.1, 0.15) is 5.82 Å². The van der Waals surface area contributed by atoms with Crippen LogP contribution in [0.4, 0.5) is 5.82 Å². The van der Waals surface area contributed by atoms with Gasteiger partial charge < -0.3 is 14.5 Å². The van der Waals surface area contributed by atoms with Crippen LogP contribution in [0.2, 0.25) is 5.02 Å². The van der Waals surface area contributed by atoms with E-state index in [0.717, 1.165) is 18.8 Å². The molecule has 2 aliphatic rings. The predicted molar refractivity (Wildman–Crippen MR) is 77.0 cm³/mol. The van der Waals surface area contributed by atoms with Crippen molar-refractivity contribution in [1.82, 2.24) is 9.88 Å². The number of carbonyl (C=O) groups excluding carboxylic acids is 1. The third-order valence-electron chi connectivity index (χ3n) is 3.90. The number of rotatable bonds is 2. The van der Waals surface area contributed by atoms with Crippen LogP contribution in [0.1, 0.15) is 6.42 Å². The molecule has 1 atom stereocenters. The number of ether oxygens (including phenoxy) is 1. The number of carbonyl (C=O) groups is 1. The minimum atomic E-state index is 0.0474. The molecule has 0 spiro atoms. The summed E-state index contributed by atoms with van der Waals surface area (Å²) in [5, 5.41) is 0.645. The van der Waals surface area contributed by atoms with Crippen LogP contribution in [-0.4, -0.2) is 55.2 Å². The molecule has 3 rings (SSSR count). The number of anilines is 1.